The van der Waals surface area contributed by atoms with Crippen LogP contribution in [0.1, 0.15) is 51.4 Å². The van der Waals surface area contributed by atoms with Gasteiger partial charge in [0.25, 0.3) is 0 Å². The maximum Gasteiger partial charge on any atom is 0.311 e. The summed E-state index contributed by atoms with van der Waals surface area (Å²) in [7, 11) is 0. The van der Waals surface area contributed by atoms with Crippen LogP contribution < -0.4 is 0 Å². The predicted molar refractivity (Wildman–Crippen MR) is 174 cm³/mol. The molecular formula is C34H52O22. The van der Waals surface area contributed by atoms with E-state index < -0.39 is 184 Å². The molecular weight excluding hydrogens is 760 g/mol. The predicted octanol–water partition coefficient (Wildman–Crippen LogP) is -7.05. The summed E-state index contributed by atoms with van der Waals surface area (Å²) in [5.74, 6) is -9.63. The topological polar surface area (TPSA) is 377 Å². The van der Waals surface area contributed by atoms with Crippen molar-refractivity contribution in [3.05, 3.63) is 0 Å². The summed E-state index contributed by atoms with van der Waals surface area (Å²) in [6.45, 7) is -0.911. The fourth-order valence-electron chi connectivity index (χ4n) is 7.98. The first-order chi connectivity index (χ1) is 26.3. The molecule has 0 aromatic heterocycles. The fourth-order valence-corrected chi connectivity index (χ4v) is 7.98. The van der Waals surface area contributed by atoms with Gasteiger partial charge >= 0.3 is 23.9 Å². The number of hydrogen-bond acceptors (Lipinski definition) is 22. The lowest BCUT2D eigenvalue weighted by atomic mass is 9.83. The molecule has 13 unspecified atom stereocenters. The van der Waals surface area contributed by atoms with Crippen LogP contribution >= 0.6 is 0 Å². The van der Waals surface area contributed by atoms with Crippen LogP contribution in [0.2, 0.25) is 0 Å². The highest BCUT2D eigenvalue weighted by molar-refractivity contribution is 5.75. The van der Waals surface area contributed by atoms with E-state index in [1.54, 1.807) is 0 Å². The number of aliphatic hydroxyl groups is 13. The zero-order chi connectivity index (χ0) is 41.3. The zero-order valence-corrected chi connectivity index (χ0v) is 30.0. The van der Waals surface area contributed by atoms with Gasteiger partial charge in [0.15, 0.2) is 18.3 Å². The molecule has 0 amide bonds. The summed E-state index contributed by atoms with van der Waals surface area (Å²) in [5.41, 5.74) is 0. The lowest BCUT2D eigenvalue weighted by molar-refractivity contribution is -0.302. The van der Waals surface area contributed by atoms with Crippen molar-refractivity contribution in [2.24, 2.45) is 23.7 Å². The quantitative estimate of drug-likeness (QED) is 0.0760. The minimum absolute atomic E-state index is 0.333. The third-order valence-electron chi connectivity index (χ3n) is 11.4. The first-order valence-corrected chi connectivity index (χ1v) is 18.6. The van der Waals surface area contributed by atoms with Crippen molar-refractivity contribution in [1.82, 2.24) is 0 Å². The van der Waals surface area contributed by atoms with Crippen molar-refractivity contribution in [3.8, 4) is 0 Å². The van der Waals surface area contributed by atoms with Crippen LogP contribution in [-0.2, 0) is 42.9 Å². The van der Waals surface area contributed by atoms with Crippen molar-refractivity contribution in [2.75, 3.05) is 6.61 Å². The number of carbonyl (C=O) groups is 4. The molecule has 56 heavy (non-hydrogen) atoms. The van der Waals surface area contributed by atoms with Gasteiger partial charge in [-0.3, -0.25) is 19.2 Å². The molecule has 4 aliphatic carbocycles. The Kier molecular flexibility index (Phi) is 14.7. The summed E-state index contributed by atoms with van der Waals surface area (Å²) < 4.78 is 27.8. The van der Waals surface area contributed by atoms with Gasteiger partial charge in [0, 0.05) is 0 Å². The van der Waals surface area contributed by atoms with Crippen LogP contribution in [0.5, 0.6) is 0 Å². The zero-order valence-electron chi connectivity index (χ0n) is 30.0. The second-order valence-electron chi connectivity index (χ2n) is 15.6. The van der Waals surface area contributed by atoms with Crippen molar-refractivity contribution in [1.29, 1.82) is 0 Å². The Labute approximate surface area is 318 Å². The lowest BCUT2D eigenvalue weighted by Gasteiger charge is -2.44. The van der Waals surface area contributed by atoms with E-state index in [4.69, 9.17) is 23.7 Å². The van der Waals surface area contributed by atoms with E-state index in [0.29, 0.717) is 0 Å². The summed E-state index contributed by atoms with van der Waals surface area (Å²) in [6, 6.07) is 0. The highest BCUT2D eigenvalue weighted by atomic mass is 16.7. The first kappa shape index (κ1) is 44.4. The SMILES string of the molecule is O=C(OCC1OC(OC(=O)C2CC(O)C(O)C(O)C2)C(O)C(OC(=O)C2CC(O)C(O)C(O)C2)C1OC(=O)C1CC(O)C(O)C(O)C1)C1CC(O)C(O)C(O)C1. The van der Waals surface area contributed by atoms with Crippen LogP contribution in [0.3, 0.4) is 0 Å². The highest BCUT2D eigenvalue weighted by Crippen LogP contribution is 2.35. The summed E-state index contributed by atoms with van der Waals surface area (Å²) in [4.78, 5) is 53.6. The molecule has 4 saturated carbocycles. The molecule has 1 saturated heterocycles. The average molecular weight is 813 g/mol. The molecule has 5 rings (SSSR count). The Morgan fingerprint density at radius 3 is 1.02 bits per heavy atom. The van der Waals surface area contributed by atoms with Crippen LogP contribution in [0, 0.1) is 23.7 Å². The molecule has 0 aromatic rings. The van der Waals surface area contributed by atoms with Crippen LogP contribution in [0.15, 0.2) is 0 Å². The molecule has 22 heteroatoms. The van der Waals surface area contributed by atoms with E-state index in [9.17, 15) is 85.6 Å². The van der Waals surface area contributed by atoms with Gasteiger partial charge in [-0.1, -0.05) is 0 Å². The molecule has 0 aromatic carbocycles. The normalized spacial score (nSPS) is 47.3. The van der Waals surface area contributed by atoms with Gasteiger partial charge in [-0.05, 0) is 51.4 Å². The summed E-state index contributed by atoms with van der Waals surface area (Å²) in [5, 5.41) is 133. The van der Waals surface area contributed by atoms with Crippen molar-refractivity contribution in [3.63, 3.8) is 0 Å². The number of esters is 4. The van der Waals surface area contributed by atoms with Gasteiger partial charge in [-0.25, -0.2) is 0 Å². The molecule has 5 aliphatic rings. The van der Waals surface area contributed by atoms with E-state index in [2.05, 4.69) is 0 Å². The molecule has 0 spiro atoms. The molecule has 13 N–H and O–H groups in total. The van der Waals surface area contributed by atoms with Gasteiger partial charge in [0.1, 0.15) is 37.1 Å². The van der Waals surface area contributed by atoms with Gasteiger partial charge < -0.3 is 90.1 Å². The van der Waals surface area contributed by atoms with E-state index >= 15 is 0 Å². The maximum absolute atomic E-state index is 13.6. The summed E-state index contributed by atoms with van der Waals surface area (Å²) in [6.07, 6.45) is -32.0. The lowest BCUT2D eigenvalue weighted by Crippen LogP contribution is -2.63. The number of ether oxygens (including phenoxy) is 5. The van der Waals surface area contributed by atoms with E-state index in [-0.39, 0.29) is 25.7 Å². The van der Waals surface area contributed by atoms with Crippen LogP contribution in [0.25, 0.3) is 0 Å². The second kappa shape index (κ2) is 18.5. The average Bonchev–Trinajstić information content (AvgIpc) is 3.14. The molecule has 1 aliphatic heterocycles. The number of aliphatic hydroxyl groups excluding tert-OH is 13. The number of hydrogen-bond donors (Lipinski definition) is 13. The monoisotopic (exact) mass is 812 g/mol. The standard InChI is InChI=1S/C34H52O22/c35-14-1-10(2-15(36)23(14)43)30(48)52-9-22-28(54-31(49)11-3-16(37)24(44)17(38)4-11)29(55-32(50)12-5-18(39)25(45)19(40)6-12)27(47)34(53-22)56-33(51)13-7-20(41)26(46)21(42)8-13/h10-29,34-47H,1-9H2. The third kappa shape index (κ3) is 9.94. The van der Waals surface area contributed by atoms with Crippen molar-refractivity contribution >= 4 is 23.9 Å². The van der Waals surface area contributed by atoms with E-state index in [1.165, 1.54) is 0 Å². The largest absolute Gasteiger partial charge is 0.463 e. The van der Waals surface area contributed by atoms with Crippen molar-refractivity contribution in [2.45, 2.75) is 155 Å². The van der Waals surface area contributed by atoms with Crippen LogP contribution in [-0.4, -0.2) is 201 Å². The smallest absolute Gasteiger partial charge is 0.311 e. The molecule has 0 bridgehead atoms. The Morgan fingerprint density at radius 1 is 0.393 bits per heavy atom. The first-order valence-electron chi connectivity index (χ1n) is 18.6. The Morgan fingerprint density at radius 2 is 0.679 bits per heavy atom. The Hall–Kier alpha value is -2.68. The summed E-state index contributed by atoms with van der Waals surface area (Å²) >= 11 is 0. The fraction of sp³-hybridized carbons (Fsp3) is 0.882. The Bertz CT molecular complexity index is 1290. The maximum atomic E-state index is 13.6. The minimum Gasteiger partial charge on any atom is -0.463 e. The second-order valence-corrected chi connectivity index (χ2v) is 15.6. The van der Waals surface area contributed by atoms with E-state index in [1.807, 2.05) is 0 Å². The Balaban J connectivity index is 1.43. The molecule has 1 heterocycles. The van der Waals surface area contributed by atoms with E-state index in [0.717, 1.165) is 0 Å². The molecule has 5 fully saturated rings. The molecule has 0 radical (unpaired) electrons. The van der Waals surface area contributed by atoms with Gasteiger partial charge in [0.2, 0.25) is 6.29 Å². The van der Waals surface area contributed by atoms with Gasteiger partial charge in [-0.15, -0.1) is 0 Å². The molecule has 22 nitrogen and oxygen atoms in total. The minimum atomic E-state index is -2.23. The highest BCUT2D eigenvalue weighted by Gasteiger charge is 2.54. The number of carbonyl (C=O) groups excluding carboxylic acids is 4. The van der Waals surface area contributed by atoms with Gasteiger partial charge in [-0.2, -0.15) is 0 Å². The molecule has 13 atom stereocenters. The van der Waals surface area contributed by atoms with Crippen LogP contribution in [0.4, 0.5) is 0 Å². The van der Waals surface area contributed by atoms with Gasteiger partial charge in [0.05, 0.1) is 72.5 Å². The number of rotatable bonds is 9. The van der Waals surface area contributed by atoms with Crippen molar-refractivity contribution < 1.29 is 109 Å². The third-order valence-corrected chi connectivity index (χ3v) is 11.4. The molecule has 320 valence electrons.